The van der Waals surface area contributed by atoms with Gasteiger partial charge in [0, 0.05) is 24.0 Å². The lowest BCUT2D eigenvalue weighted by Gasteiger charge is -2.25. The highest BCUT2D eigenvalue weighted by Gasteiger charge is 2.42. The molecule has 0 spiro atoms. The number of rotatable bonds is 6. The highest BCUT2D eigenvalue weighted by Crippen LogP contribution is 2.40. The topological polar surface area (TPSA) is 72.6 Å². The Morgan fingerprint density at radius 2 is 1.94 bits per heavy atom. The summed E-state index contributed by atoms with van der Waals surface area (Å²) in [5, 5.41) is 0.837. The largest absolute Gasteiger partial charge is 0.494 e. The molecule has 1 aliphatic heterocycles. The molecular formula is C27H23ClN2O4. The number of nitrogens with zero attached hydrogens (tertiary/aromatic N) is 2. The number of aryl methyl sites for hydroxylation is 1. The molecule has 4 aromatic rings. The number of fused-ring (bicyclic) bond motifs is 2. The van der Waals surface area contributed by atoms with Crippen LogP contribution < -0.4 is 10.2 Å². The van der Waals surface area contributed by atoms with E-state index in [9.17, 15) is 9.59 Å². The van der Waals surface area contributed by atoms with Crippen LogP contribution in [0.5, 0.6) is 5.75 Å². The molecule has 7 heteroatoms. The minimum absolute atomic E-state index is 0.0689. The molecule has 1 aliphatic rings. The Balaban J connectivity index is 1.67. The van der Waals surface area contributed by atoms with Crippen LogP contribution in [-0.2, 0) is 6.54 Å². The summed E-state index contributed by atoms with van der Waals surface area (Å²) in [5.74, 6) is 0.475. The van der Waals surface area contributed by atoms with E-state index in [0.29, 0.717) is 28.2 Å². The minimum atomic E-state index is -0.608. The van der Waals surface area contributed by atoms with Crippen LogP contribution in [0.3, 0.4) is 0 Å². The minimum Gasteiger partial charge on any atom is -0.494 e. The van der Waals surface area contributed by atoms with Crippen molar-refractivity contribution >= 4 is 28.5 Å². The number of carbonyl (C=O) groups is 1. The summed E-state index contributed by atoms with van der Waals surface area (Å²) in [6.45, 7) is 4.78. The van der Waals surface area contributed by atoms with Crippen molar-refractivity contribution in [2.75, 3.05) is 6.61 Å². The van der Waals surface area contributed by atoms with Crippen molar-refractivity contribution in [3.63, 3.8) is 0 Å². The Labute approximate surface area is 201 Å². The van der Waals surface area contributed by atoms with Crippen LogP contribution >= 0.6 is 11.6 Å². The molecule has 2 aromatic heterocycles. The molecular weight excluding hydrogens is 452 g/mol. The average molecular weight is 475 g/mol. The first kappa shape index (κ1) is 22.2. The van der Waals surface area contributed by atoms with Crippen LogP contribution in [0.2, 0.25) is 5.02 Å². The molecule has 5 rings (SSSR count). The van der Waals surface area contributed by atoms with Gasteiger partial charge in [-0.15, -0.1) is 0 Å². The molecule has 1 amide bonds. The normalized spacial score (nSPS) is 15.1. The van der Waals surface area contributed by atoms with Crippen LogP contribution in [0.4, 0.5) is 0 Å². The zero-order valence-corrected chi connectivity index (χ0v) is 19.6. The molecule has 1 atom stereocenters. The first-order valence-corrected chi connectivity index (χ1v) is 11.5. The summed E-state index contributed by atoms with van der Waals surface area (Å²) in [4.78, 5) is 33.1. The molecule has 0 bridgehead atoms. The Morgan fingerprint density at radius 3 is 2.65 bits per heavy atom. The Kier molecular flexibility index (Phi) is 5.84. The SMILES string of the molecule is CCCOc1ccc(C2c3c(oc4cc(C)c(Cl)cc4c3=O)C(=O)N2Cc2cccnc2)cc1. The van der Waals surface area contributed by atoms with Crippen LogP contribution in [0.15, 0.2) is 70.1 Å². The third-order valence-corrected chi connectivity index (χ3v) is 6.40. The van der Waals surface area contributed by atoms with Crippen LogP contribution in [-0.4, -0.2) is 22.4 Å². The lowest BCUT2D eigenvalue weighted by atomic mass is 9.98. The zero-order valence-electron chi connectivity index (χ0n) is 18.9. The van der Waals surface area contributed by atoms with Crippen LogP contribution in [0, 0.1) is 6.92 Å². The monoisotopic (exact) mass is 474 g/mol. The highest BCUT2D eigenvalue weighted by atomic mass is 35.5. The van der Waals surface area contributed by atoms with Gasteiger partial charge in [0.2, 0.25) is 5.76 Å². The van der Waals surface area contributed by atoms with Gasteiger partial charge in [0.1, 0.15) is 11.3 Å². The molecule has 172 valence electrons. The molecule has 0 aliphatic carbocycles. The van der Waals surface area contributed by atoms with E-state index in [-0.39, 0.29) is 23.6 Å². The van der Waals surface area contributed by atoms with Gasteiger partial charge in [-0.05, 0) is 60.4 Å². The van der Waals surface area contributed by atoms with E-state index in [2.05, 4.69) is 4.98 Å². The van der Waals surface area contributed by atoms with Gasteiger partial charge in [0.25, 0.3) is 5.91 Å². The Hall–Kier alpha value is -3.64. The second-order valence-corrected chi connectivity index (χ2v) is 8.79. The van der Waals surface area contributed by atoms with E-state index >= 15 is 0 Å². The number of carbonyl (C=O) groups excluding carboxylic acids is 1. The quantitative estimate of drug-likeness (QED) is 0.359. The van der Waals surface area contributed by atoms with Gasteiger partial charge in [-0.1, -0.05) is 36.7 Å². The van der Waals surface area contributed by atoms with Crippen molar-refractivity contribution in [3.8, 4) is 5.75 Å². The summed E-state index contributed by atoms with van der Waals surface area (Å²) in [6, 6.07) is 13.9. The van der Waals surface area contributed by atoms with Crippen molar-refractivity contribution < 1.29 is 13.9 Å². The summed E-state index contributed by atoms with van der Waals surface area (Å²) in [6.07, 6.45) is 4.30. The molecule has 3 heterocycles. The van der Waals surface area contributed by atoms with Crippen molar-refractivity contribution in [2.24, 2.45) is 0 Å². The number of pyridine rings is 1. The number of amides is 1. The van der Waals surface area contributed by atoms with Crippen molar-refractivity contribution in [3.05, 3.63) is 104 Å². The average Bonchev–Trinajstić information content (AvgIpc) is 3.12. The third-order valence-electron chi connectivity index (χ3n) is 5.99. The van der Waals surface area contributed by atoms with Crippen molar-refractivity contribution in [2.45, 2.75) is 32.9 Å². The fourth-order valence-electron chi connectivity index (χ4n) is 4.31. The Morgan fingerprint density at radius 1 is 1.15 bits per heavy atom. The van der Waals surface area contributed by atoms with E-state index in [1.807, 2.05) is 50.2 Å². The van der Waals surface area contributed by atoms with Gasteiger partial charge in [-0.3, -0.25) is 14.6 Å². The number of halogens is 1. The Bertz CT molecular complexity index is 1430. The molecule has 0 N–H and O–H groups in total. The fraction of sp³-hybridized carbons (Fsp3) is 0.222. The van der Waals surface area contributed by atoms with E-state index < -0.39 is 6.04 Å². The first-order chi connectivity index (χ1) is 16.5. The zero-order chi connectivity index (χ0) is 23.8. The summed E-state index contributed by atoms with van der Waals surface area (Å²) in [7, 11) is 0. The fourth-order valence-corrected chi connectivity index (χ4v) is 4.47. The maximum absolute atomic E-state index is 13.7. The predicted octanol–water partition coefficient (Wildman–Crippen LogP) is 5.68. The van der Waals surface area contributed by atoms with E-state index in [1.165, 1.54) is 0 Å². The smallest absolute Gasteiger partial charge is 0.291 e. The maximum atomic E-state index is 13.7. The first-order valence-electron chi connectivity index (χ1n) is 11.2. The second-order valence-electron chi connectivity index (χ2n) is 8.39. The molecule has 0 saturated carbocycles. The third kappa shape index (κ3) is 3.84. The molecule has 2 aromatic carbocycles. The van der Waals surface area contributed by atoms with Gasteiger partial charge < -0.3 is 14.1 Å². The summed E-state index contributed by atoms with van der Waals surface area (Å²) >= 11 is 6.31. The lowest BCUT2D eigenvalue weighted by Crippen LogP contribution is -2.29. The summed E-state index contributed by atoms with van der Waals surface area (Å²) < 4.78 is 11.7. The number of hydrogen-bond acceptors (Lipinski definition) is 5. The van der Waals surface area contributed by atoms with Gasteiger partial charge in [-0.2, -0.15) is 0 Å². The van der Waals surface area contributed by atoms with E-state index in [0.717, 1.165) is 28.9 Å². The van der Waals surface area contributed by atoms with Crippen molar-refractivity contribution in [1.82, 2.24) is 9.88 Å². The molecule has 6 nitrogen and oxygen atoms in total. The molecule has 1 unspecified atom stereocenters. The number of hydrogen-bond donors (Lipinski definition) is 0. The molecule has 0 saturated heterocycles. The van der Waals surface area contributed by atoms with Gasteiger partial charge in [0.05, 0.1) is 23.6 Å². The number of ether oxygens (including phenoxy) is 1. The lowest BCUT2D eigenvalue weighted by molar-refractivity contribution is 0.0714. The molecule has 0 fully saturated rings. The van der Waals surface area contributed by atoms with E-state index in [1.54, 1.807) is 29.4 Å². The molecule has 0 radical (unpaired) electrons. The number of aromatic nitrogens is 1. The van der Waals surface area contributed by atoms with E-state index in [4.69, 9.17) is 20.8 Å². The van der Waals surface area contributed by atoms with Gasteiger partial charge in [0.15, 0.2) is 5.43 Å². The predicted molar refractivity (Wildman–Crippen MR) is 130 cm³/mol. The van der Waals surface area contributed by atoms with Crippen LogP contribution in [0.1, 0.15) is 52.2 Å². The standard InChI is InChI=1S/C27H23ClN2O4/c1-3-11-33-19-8-6-18(7-9-19)24-23-25(31)20-13-21(28)16(2)12-22(20)34-26(23)27(32)30(24)15-17-5-4-10-29-14-17/h4-10,12-14,24H,3,11,15H2,1-2H3. The van der Waals surface area contributed by atoms with Gasteiger partial charge >= 0.3 is 0 Å². The van der Waals surface area contributed by atoms with Crippen LogP contribution in [0.25, 0.3) is 11.0 Å². The van der Waals surface area contributed by atoms with Gasteiger partial charge in [-0.25, -0.2) is 0 Å². The maximum Gasteiger partial charge on any atom is 0.291 e. The summed E-state index contributed by atoms with van der Waals surface area (Å²) in [5.41, 5.74) is 2.84. The second kappa shape index (κ2) is 8.95. The van der Waals surface area contributed by atoms with Crippen molar-refractivity contribution in [1.29, 1.82) is 0 Å². The highest BCUT2D eigenvalue weighted by molar-refractivity contribution is 6.32. The number of benzene rings is 2. The molecule has 34 heavy (non-hydrogen) atoms.